The van der Waals surface area contributed by atoms with Crippen molar-refractivity contribution in [2.45, 2.75) is 25.8 Å². The van der Waals surface area contributed by atoms with Gasteiger partial charge in [0.25, 0.3) is 0 Å². The summed E-state index contributed by atoms with van der Waals surface area (Å²) in [5.74, 6) is 0.977. The van der Waals surface area contributed by atoms with Crippen LogP contribution in [0.25, 0.3) is 0 Å². The van der Waals surface area contributed by atoms with Gasteiger partial charge in [-0.05, 0) is 37.1 Å². The summed E-state index contributed by atoms with van der Waals surface area (Å²) in [6, 6.07) is 13.6. The summed E-state index contributed by atoms with van der Waals surface area (Å²) in [5, 5.41) is 0. The van der Waals surface area contributed by atoms with Gasteiger partial charge in [0.05, 0.1) is 5.92 Å². The molecule has 0 N–H and O–H groups in total. The number of amides is 2. The molecule has 0 bridgehead atoms. The zero-order chi connectivity index (χ0) is 18.5. The third-order valence-electron chi connectivity index (χ3n) is 5.59. The molecule has 3 aliphatic heterocycles. The van der Waals surface area contributed by atoms with Crippen molar-refractivity contribution in [3.05, 3.63) is 48.0 Å². The molecule has 3 heterocycles. The van der Waals surface area contributed by atoms with Gasteiger partial charge in [0.15, 0.2) is 11.5 Å². The minimum Gasteiger partial charge on any atom is -0.454 e. The summed E-state index contributed by atoms with van der Waals surface area (Å²) < 4.78 is 10.7. The largest absolute Gasteiger partial charge is 0.454 e. The number of para-hydroxylation sites is 1. The van der Waals surface area contributed by atoms with E-state index in [1.807, 2.05) is 29.2 Å². The molecule has 138 valence electrons. The maximum absolute atomic E-state index is 13.2. The monoisotopic (exact) mass is 364 g/mol. The van der Waals surface area contributed by atoms with Crippen LogP contribution in [0.3, 0.4) is 0 Å². The van der Waals surface area contributed by atoms with Crippen LogP contribution >= 0.6 is 0 Å². The molecule has 2 aromatic rings. The molecule has 0 spiro atoms. The molecule has 0 aromatic heterocycles. The first-order chi connectivity index (χ1) is 13.1. The van der Waals surface area contributed by atoms with Crippen LogP contribution in [0.4, 0.5) is 11.4 Å². The highest BCUT2D eigenvalue weighted by Crippen LogP contribution is 2.38. The molecule has 2 aromatic carbocycles. The summed E-state index contributed by atoms with van der Waals surface area (Å²) in [5.41, 5.74) is 2.91. The smallest absolute Gasteiger partial charge is 0.232 e. The molecule has 5 rings (SSSR count). The van der Waals surface area contributed by atoms with Gasteiger partial charge in [-0.15, -0.1) is 0 Å². The predicted molar refractivity (Wildman–Crippen MR) is 100 cm³/mol. The molecule has 27 heavy (non-hydrogen) atoms. The molecule has 0 aliphatic carbocycles. The highest BCUT2D eigenvalue weighted by Gasteiger charge is 2.41. The van der Waals surface area contributed by atoms with Gasteiger partial charge < -0.3 is 19.3 Å². The molecular weight excluding hydrogens is 344 g/mol. The standard InChI is InChI=1S/C21H20N2O4/c1-13-8-14-4-2-3-5-17(14)23(13)21(25)15-9-20(24)22(11-15)16-6-7-18-19(10-16)27-12-26-18/h2-7,10,13,15H,8-9,11-12H2,1H3. The lowest BCUT2D eigenvalue weighted by Crippen LogP contribution is -2.41. The number of nitrogens with zero attached hydrogens (tertiary/aromatic N) is 2. The van der Waals surface area contributed by atoms with Crippen LogP contribution in [0.2, 0.25) is 0 Å². The van der Waals surface area contributed by atoms with E-state index in [1.165, 1.54) is 5.56 Å². The zero-order valence-corrected chi connectivity index (χ0v) is 15.1. The number of carbonyl (C=O) groups excluding carboxylic acids is 2. The summed E-state index contributed by atoms with van der Waals surface area (Å²) in [6.07, 6.45) is 1.09. The number of rotatable bonds is 2. The van der Waals surface area contributed by atoms with E-state index in [4.69, 9.17) is 9.47 Å². The first-order valence-electron chi connectivity index (χ1n) is 9.23. The quantitative estimate of drug-likeness (QED) is 0.822. The minimum absolute atomic E-state index is 0.0315. The van der Waals surface area contributed by atoms with E-state index < -0.39 is 0 Å². The van der Waals surface area contributed by atoms with Crippen molar-refractivity contribution in [2.75, 3.05) is 23.1 Å². The van der Waals surface area contributed by atoms with Gasteiger partial charge in [-0.3, -0.25) is 9.59 Å². The summed E-state index contributed by atoms with van der Waals surface area (Å²) in [7, 11) is 0. The van der Waals surface area contributed by atoms with Crippen LogP contribution < -0.4 is 19.3 Å². The predicted octanol–water partition coefficient (Wildman–Crippen LogP) is 2.75. The van der Waals surface area contributed by atoms with Crippen molar-refractivity contribution in [3.63, 3.8) is 0 Å². The Morgan fingerprint density at radius 2 is 1.89 bits per heavy atom. The molecule has 1 saturated heterocycles. The van der Waals surface area contributed by atoms with Crippen LogP contribution in [0.1, 0.15) is 18.9 Å². The third kappa shape index (κ3) is 2.55. The lowest BCUT2D eigenvalue weighted by Gasteiger charge is -2.26. The fourth-order valence-electron chi connectivity index (χ4n) is 4.27. The Bertz CT molecular complexity index is 942. The Morgan fingerprint density at radius 1 is 1.07 bits per heavy atom. The lowest BCUT2D eigenvalue weighted by molar-refractivity contribution is -0.124. The summed E-state index contributed by atoms with van der Waals surface area (Å²) in [4.78, 5) is 29.4. The number of benzene rings is 2. The number of hydrogen-bond donors (Lipinski definition) is 0. The molecule has 2 atom stereocenters. The Hall–Kier alpha value is -3.02. The SMILES string of the molecule is CC1Cc2ccccc2N1C(=O)C1CC(=O)N(c2ccc3c(c2)OCO3)C1. The third-order valence-corrected chi connectivity index (χ3v) is 5.59. The fourth-order valence-corrected chi connectivity index (χ4v) is 4.27. The van der Waals surface area contributed by atoms with E-state index in [2.05, 4.69) is 13.0 Å². The Balaban J connectivity index is 1.38. The van der Waals surface area contributed by atoms with Crippen LogP contribution in [0.5, 0.6) is 11.5 Å². The second-order valence-electron chi connectivity index (χ2n) is 7.33. The van der Waals surface area contributed by atoms with E-state index in [0.717, 1.165) is 17.8 Å². The Morgan fingerprint density at radius 3 is 2.78 bits per heavy atom. The molecule has 2 unspecified atom stereocenters. The number of hydrogen-bond acceptors (Lipinski definition) is 4. The molecule has 0 saturated carbocycles. The van der Waals surface area contributed by atoms with Gasteiger partial charge in [-0.2, -0.15) is 0 Å². The van der Waals surface area contributed by atoms with E-state index in [1.54, 1.807) is 17.0 Å². The minimum atomic E-state index is -0.337. The maximum Gasteiger partial charge on any atom is 0.232 e. The Labute approximate surface area is 157 Å². The van der Waals surface area contributed by atoms with Gasteiger partial charge in [0, 0.05) is 36.4 Å². The fraction of sp³-hybridized carbons (Fsp3) is 0.333. The zero-order valence-electron chi connectivity index (χ0n) is 15.1. The normalized spacial score (nSPS) is 23.1. The number of carbonyl (C=O) groups is 2. The second kappa shape index (κ2) is 6.01. The lowest BCUT2D eigenvalue weighted by atomic mass is 10.1. The highest BCUT2D eigenvalue weighted by atomic mass is 16.7. The van der Waals surface area contributed by atoms with E-state index in [0.29, 0.717) is 18.0 Å². The van der Waals surface area contributed by atoms with Crippen LogP contribution in [-0.2, 0) is 16.0 Å². The Kier molecular flexibility index (Phi) is 3.60. The maximum atomic E-state index is 13.2. The average Bonchev–Trinajstić information content (AvgIpc) is 3.36. The van der Waals surface area contributed by atoms with E-state index >= 15 is 0 Å². The first kappa shape index (κ1) is 16.2. The van der Waals surface area contributed by atoms with Crippen LogP contribution in [0.15, 0.2) is 42.5 Å². The molecule has 6 nitrogen and oxygen atoms in total. The number of ether oxygens (including phenoxy) is 2. The number of anilines is 2. The van der Waals surface area contributed by atoms with Crippen LogP contribution in [0, 0.1) is 5.92 Å². The van der Waals surface area contributed by atoms with Gasteiger partial charge in [0.2, 0.25) is 18.6 Å². The number of fused-ring (bicyclic) bond motifs is 2. The van der Waals surface area contributed by atoms with Gasteiger partial charge in [0.1, 0.15) is 0 Å². The van der Waals surface area contributed by atoms with E-state index in [-0.39, 0.29) is 37.0 Å². The average molecular weight is 364 g/mol. The second-order valence-corrected chi connectivity index (χ2v) is 7.33. The van der Waals surface area contributed by atoms with Crippen molar-refractivity contribution in [1.82, 2.24) is 0 Å². The van der Waals surface area contributed by atoms with Crippen molar-refractivity contribution >= 4 is 23.2 Å². The van der Waals surface area contributed by atoms with Crippen molar-refractivity contribution in [2.24, 2.45) is 5.92 Å². The highest BCUT2D eigenvalue weighted by molar-refractivity contribution is 6.05. The first-order valence-corrected chi connectivity index (χ1v) is 9.23. The van der Waals surface area contributed by atoms with Crippen molar-refractivity contribution in [3.8, 4) is 11.5 Å². The van der Waals surface area contributed by atoms with Gasteiger partial charge >= 0.3 is 0 Å². The molecule has 0 radical (unpaired) electrons. The molecule has 3 aliphatic rings. The van der Waals surface area contributed by atoms with Gasteiger partial charge in [-0.25, -0.2) is 0 Å². The van der Waals surface area contributed by atoms with Crippen LogP contribution in [-0.4, -0.2) is 31.2 Å². The summed E-state index contributed by atoms with van der Waals surface area (Å²) in [6.45, 7) is 2.65. The van der Waals surface area contributed by atoms with Crippen molar-refractivity contribution < 1.29 is 19.1 Å². The van der Waals surface area contributed by atoms with Crippen molar-refractivity contribution in [1.29, 1.82) is 0 Å². The molecule has 6 heteroatoms. The van der Waals surface area contributed by atoms with E-state index in [9.17, 15) is 9.59 Å². The molecular formula is C21H20N2O4. The topological polar surface area (TPSA) is 59.1 Å². The molecule has 1 fully saturated rings. The summed E-state index contributed by atoms with van der Waals surface area (Å²) >= 11 is 0. The van der Waals surface area contributed by atoms with Gasteiger partial charge in [-0.1, -0.05) is 18.2 Å². The molecule has 2 amide bonds.